The quantitative estimate of drug-likeness (QED) is 0.730. The molecule has 5 heteroatoms. The first kappa shape index (κ1) is 12.1. The molecule has 0 spiro atoms. The second-order valence-corrected chi connectivity index (χ2v) is 4.10. The molecule has 0 aliphatic heterocycles. The Morgan fingerprint density at radius 1 is 1.20 bits per heavy atom. The zero-order valence-corrected chi connectivity index (χ0v) is 10.8. The van der Waals surface area contributed by atoms with Crippen molar-refractivity contribution in [3.63, 3.8) is 0 Å². The molecular formula is C15H11N3O2. The highest BCUT2D eigenvalue weighted by Gasteiger charge is 2.15. The van der Waals surface area contributed by atoms with Gasteiger partial charge < -0.3 is 9.15 Å². The first-order valence-corrected chi connectivity index (χ1v) is 6.00. The molecule has 0 N–H and O–H groups in total. The number of rotatable bonds is 3. The summed E-state index contributed by atoms with van der Waals surface area (Å²) < 4.78 is 12.5. The molecule has 0 radical (unpaired) electrons. The second-order valence-electron chi connectivity index (χ2n) is 4.10. The van der Waals surface area contributed by atoms with Crippen LogP contribution in [0.5, 0.6) is 5.75 Å². The average molecular weight is 265 g/mol. The summed E-state index contributed by atoms with van der Waals surface area (Å²) in [5, 5.41) is 9.15. The first-order valence-electron chi connectivity index (χ1n) is 6.00. The van der Waals surface area contributed by atoms with Gasteiger partial charge in [0, 0.05) is 18.0 Å². The average Bonchev–Trinajstić information content (AvgIpc) is 3.16. The van der Waals surface area contributed by atoms with Crippen LogP contribution in [-0.2, 0) is 0 Å². The van der Waals surface area contributed by atoms with Crippen LogP contribution in [0.15, 0.2) is 53.2 Å². The number of ether oxygens (including phenoxy) is 1. The molecule has 2 aromatic heterocycles. The van der Waals surface area contributed by atoms with E-state index in [2.05, 4.69) is 4.98 Å². The Morgan fingerprint density at radius 2 is 1.90 bits per heavy atom. The molecule has 3 rings (SSSR count). The largest absolute Gasteiger partial charge is 0.497 e. The topological polar surface area (TPSA) is 64.0 Å². The van der Waals surface area contributed by atoms with E-state index in [1.54, 1.807) is 24.1 Å². The number of hydrogen-bond acceptors (Lipinski definition) is 4. The van der Waals surface area contributed by atoms with Crippen molar-refractivity contribution in [2.24, 2.45) is 0 Å². The smallest absolute Gasteiger partial charge is 0.243 e. The molecule has 0 fully saturated rings. The number of aromatic nitrogens is 2. The molecule has 0 unspecified atom stereocenters. The van der Waals surface area contributed by atoms with E-state index in [0.717, 1.165) is 11.3 Å². The van der Waals surface area contributed by atoms with Crippen molar-refractivity contribution in [3.8, 4) is 29.2 Å². The minimum absolute atomic E-state index is 0.256. The molecule has 3 aromatic rings. The van der Waals surface area contributed by atoms with Crippen LogP contribution in [0.25, 0.3) is 17.3 Å². The Morgan fingerprint density at radius 3 is 2.50 bits per heavy atom. The van der Waals surface area contributed by atoms with Crippen LogP contribution in [0.3, 0.4) is 0 Å². The van der Waals surface area contributed by atoms with Crippen molar-refractivity contribution in [3.05, 3.63) is 54.5 Å². The molecular weight excluding hydrogens is 254 g/mol. The van der Waals surface area contributed by atoms with Crippen LogP contribution in [0.2, 0.25) is 0 Å². The van der Waals surface area contributed by atoms with E-state index in [9.17, 15) is 0 Å². The molecule has 2 heterocycles. The van der Waals surface area contributed by atoms with Crippen LogP contribution in [-0.4, -0.2) is 16.7 Å². The zero-order valence-electron chi connectivity index (χ0n) is 10.8. The normalized spacial score (nSPS) is 10.2. The molecule has 0 aliphatic carbocycles. The summed E-state index contributed by atoms with van der Waals surface area (Å²) in [6.45, 7) is 0. The van der Waals surface area contributed by atoms with E-state index in [1.807, 2.05) is 42.5 Å². The Bertz CT molecular complexity index is 750. The van der Waals surface area contributed by atoms with Gasteiger partial charge in [0.1, 0.15) is 11.8 Å². The molecule has 0 aliphatic rings. The number of oxazole rings is 1. The fourth-order valence-corrected chi connectivity index (χ4v) is 1.89. The van der Waals surface area contributed by atoms with Gasteiger partial charge in [-0.05, 0) is 36.4 Å². The maximum Gasteiger partial charge on any atom is 0.243 e. The highest BCUT2D eigenvalue weighted by Crippen LogP contribution is 2.26. The van der Waals surface area contributed by atoms with Gasteiger partial charge in [0.05, 0.1) is 7.11 Å². The minimum Gasteiger partial charge on any atom is -0.497 e. The van der Waals surface area contributed by atoms with Crippen molar-refractivity contribution < 1.29 is 9.15 Å². The van der Waals surface area contributed by atoms with Crippen LogP contribution < -0.4 is 4.74 Å². The predicted molar refractivity (Wildman–Crippen MR) is 72.5 cm³/mol. The Balaban J connectivity index is 2.05. The predicted octanol–water partition coefficient (Wildman–Crippen LogP) is 3.01. The maximum absolute atomic E-state index is 9.15. The summed E-state index contributed by atoms with van der Waals surface area (Å²) in [6, 6.07) is 13.1. The number of benzene rings is 1. The van der Waals surface area contributed by atoms with E-state index < -0.39 is 0 Å². The van der Waals surface area contributed by atoms with Crippen LogP contribution in [0, 0.1) is 11.3 Å². The molecule has 0 atom stereocenters. The summed E-state index contributed by atoms with van der Waals surface area (Å²) in [6.07, 6.45) is 3.61. The van der Waals surface area contributed by atoms with Crippen LogP contribution in [0.4, 0.5) is 0 Å². The summed E-state index contributed by atoms with van der Waals surface area (Å²) in [4.78, 5) is 4.22. The zero-order chi connectivity index (χ0) is 13.9. The maximum atomic E-state index is 9.15. The molecule has 5 nitrogen and oxygen atoms in total. The molecule has 0 amide bonds. The fourth-order valence-electron chi connectivity index (χ4n) is 1.89. The van der Waals surface area contributed by atoms with E-state index in [-0.39, 0.29) is 5.69 Å². The summed E-state index contributed by atoms with van der Waals surface area (Å²) in [7, 11) is 1.61. The standard InChI is InChI=1S/C15H11N3O2/c1-19-12-6-4-11(5-7-12)14-17-13(10-16)15(20-14)18-8-2-3-9-18/h2-9H,1H3. The van der Waals surface area contributed by atoms with Gasteiger partial charge in [-0.15, -0.1) is 0 Å². The van der Waals surface area contributed by atoms with E-state index in [4.69, 9.17) is 14.4 Å². The van der Waals surface area contributed by atoms with E-state index >= 15 is 0 Å². The first-order chi connectivity index (χ1) is 9.81. The van der Waals surface area contributed by atoms with Crippen molar-refractivity contribution in [2.75, 3.05) is 7.11 Å². The molecule has 1 aromatic carbocycles. The number of nitrogens with zero attached hydrogens (tertiary/aromatic N) is 3. The lowest BCUT2D eigenvalue weighted by atomic mass is 10.2. The van der Waals surface area contributed by atoms with Gasteiger partial charge >= 0.3 is 0 Å². The van der Waals surface area contributed by atoms with E-state index in [1.165, 1.54) is 0 Å². The lowest BCUT2D eigenvalue weighted by molar-refractivity contribution is 0.415. The third-order valence-corrected chi connectivity index (χ3v) is 2.89. The summed E-state index contributed by atoms with van der Waals surface area (Å²) in [5.74, 6) is 1.59. The third-order valence-electron chi connectivity index (χ3n) is 2.89. The number of hydrogen-bond donors (Lipinski definition) is 0. The van der Waals surface area contributed by atoms with Gasteiger partial charge in [-0.3, -0.25) is 4.57 Å². The second kappa shape index (κ2) is 4.94. The highest BCUT2D eigenvalue weighted by atomic mass is 16.5. The van der Waals surface area contributed by atoms with Crippen LogP contribution in [0.1, 0.15) is 5.69 Å². The van der Waals surface area contributed by atoms with Gasteiger partial charge in [-0.1, -0.05) is 0 Å². The van der Waals surface area contributed by atoms with Crippen molar-refractivity contribution in [1.29, 1.82) is 5.26 Å². The molecule has 0 saturated carbocycles. The lowest BCUT2D eigenvalue weighted by Gasteiger charge is -2.00. The van der Waals surface area contributed by atoms with Gasteiger partial charge in [0.2, 0.25) is 17.5 Å². The highest BCUT2D eigenvalue weighted by molar-refractivity contribution is 5.57. The molecule has 0 saturated heterocycles. The van der Waals surface area contributed by atoms with Crippen molar-refractivity contribution >= 4 is 0 Å². The fraction of sp³-hybridized carbons (Fsp3) is 0.0667. The van der Waals surface area contributed by atoms with Gasteiger partial charge in [0.25, 0.3) is 0 Å². The minimum atomic E-state index is 0.256. The Labute approximate surface area is 115 Å². The number of methoxy groups -OCH3 is 1. The van der Waals surface area contributed by atoms with Gasteiger partial charge in [-0.25, -0.2) is 0 Å². The van der Waals surface area contributed by atoms with E-state index in [0.29, 0.717) is 11.8 Å². The van der Waals surface area contributed by atoms with Crippen molar-refractivity contribution in [1.82, 2.24) is 9.55 Å². The monoisotopic (exact) mass is 265 g/mol. The SMILES string of the molecule is COc1ccc(-c2nc(C#N)c(-n3cccc3)o2)cc1. The Kier molecular flexibility index (Phi) is 2.98. The van der Waals surface area contributed by atoms with Crippen LogP contribution >= 0.6 is 0 Å². The summed E-state index contributed by atoms with van der Waals surface area (Å²) in [5.41, 5.74) is 1.05. The molecule has 0 bridgehead atoms. The third kappa shape index (κ3) is 2.04. The molecule has 98 valence electrons. The van der Waals surface area contributed by atoms with Gasteiger partial charge in [0.15, 0.2) is 0 Å². The summed E-state index contributed by atoms with van der Waals surface area (Å²) >= 11 is 0. The lowest BCUT2D eigenvalue weighted by Crippen LogP contribution is -1.89. The molecule has 20 heavy (non-hydrogen) atoms. The Hall–Kier alpha value is -3.00. The van der Waals surface area contributed by atoms with Crippen molar-refractivity contribution in [2.45, 2.75) is 0 Å². The number of nitriles is 1. The van der Waals surface area contributed by atoms with Gasteiger partial charge in [-0.2, -0.15) is 10.2 Å².